The Morgan fingerprint density at radius 1 is 1.10 bits per heavy atom. The summed E-state index contributed by atoms with van der Waals surface area (Å²) in [6.45, 7) is 6.12. The number of hydrogen-bond donors (Lipinski definition) is 2. The van der Waals surface area contributed by atoms with Gasteiger partial charge in [0, 0.05) is 5.69 Å². The number of benzene rings is 2. The van der Waals surface area contributed by atoms with Gasteiger partial charge in [-0.2, -0.15) is 0 Å². The minimum Gasteiger partial charge on any atom is -0.356 e. The highest BCUT2D eigenvalue weighted by molar-refractivity contribution is 7.80. The topological polar surface area (TPSA) is 24.1 Å². The minimum absolute atomic E-state index is 0.00992. The van der Waals surface area contributed by atoms with Gasteiger partial charge in [-0.05, 0) is 67.9 Å². The summed E-state index contributed by atoms with van der Waals surface area (Å²) >= 11 is 5.34. The normalized spacial score (nSPS) is 11.8. The third kappa shape index (κ3) is 4.02. The molecule has 0 radical (unpaired) electrons. The van der Waals surface area contributed by atoms with E-state index in [0.717, 1.165) is 11.3 Å². The van der Waals surface area contributed by atoms with Crippen molar-refractivity contribution in [2.45, 2.75) is 26.8 Å². The highest BCUT2D eigenvalue weighted by atomic mass is 32.1. The summed E-state index contributed by atoms with van der Waals surface area (Å²) in [4.78, 5) is 0. The van der Waals surface area contributed by atoms with E-state index in [1.54, 1.807) is 12.1 Å². The van der Waals surface area contributed by atoms with Gasteiger partial charge in [-0.25, -0.2) is 4.39 Å². The predicted molar refractivity (Wildman–Crippen MR) is 90.1 cm³/mol. The van der Waals surface area contributed by atoms with Crippen LogP contribution in [0.25, 0.3) is 0 Å². The van der Waals surface area contributed by atoms with Crippen LogP contribution in [-0.4, -0.2) is 5.11 Å². The second kappa shape index (κ2) is 6.68. The number of hydrogen-bond acceptors (Lipinski definition) is 1. The second-order valence-corrected chi connectivity index (χ2v) is 5.53. The van der Waals surface area contributed by atoms with Gasteiger partial charge < -0.3 is 10.6 Å². The van der Waals surface area contributed by atoms with Crippen LogP contribution in [0.5, 0.6) is 0 Å². The first-order chi connectivity index (χ1) is 9.97. The summed E-state index contributed by atoms with van der Waals surface area (Å²) in [5.41, 5.74) is 4.38. The summed E-state index contributed by atoms with van der Waals surface area (Å²) in [5.74, 6) is -0.234. The Bertz CT molecular complexity index is 638. The van der Waals surface area contributed by atoms with Crippen molar-refractivity contribution in [3.63, 3.8) is 0 Å². The Kier molecular flexibility index (Phi) is 4.91. The maximum absolute atomic E-state index is 12.9. The zero-order valence-corrected chi connectivity index (χ0v) is 13.2. The molecular formula is C17H19FN2S. The molecule has 21 heavy (non-hydrogen) atoms. The Morgan fingerprint density at radius 3 is 2.43 bits per heavy atom. The summed E-state index contributed by atoms with van der Waals surface area (Å²) in [7, 11) is 0. The molecule has 0 amide bonds. The van der Waals surface area contributed by atoms with Gasteiger partial charge in [-0.1, -0.05) is 24.3 Å². The van der Waals surface area contributed by atoms with Gasteiger partial charge in [0.1, 0.15) is 5.82 Å². The van der Waals surface area contributed by atoms with Crippen LogP contribution in [0.2, 0.25) is 0 Å². The van der Waals surface area contributed by atoms with E-state index >= 15 is 0 Å². The molecule has 110 valence electrons. The number of nitrogens with one attached hydrogen (secondary N) is 2. The van der Waals surface area contributed by atoms with Crippen LogP contribution in [0, 0.1) is 19.7 Å². The lowest BCUT2D eigenvalue weighted by atomic mass is 10.1. The van der Waals surface area contributed by atoms with Crippen LogP contribution in [0.3, 0.4) is 0 Å². The molecule has 0 bridgehead atoms. The van der Waals surface area contributed by atoms with Crippen LogP contribution in [-0.2, 0) is 0 Å². The maximum Gasteiger partial charge on any atom is 0.171 e. The Morgan fingerprint density at radius 2 is 1.76 bits per heavy atom. The molecule has 0 saturated carbocycles. The molecule has 0 aliphatic rings. The highest BCUT2D eigenvalue weighted by Crippen LogP contribution is 2.18. The summed E-state index contributed by atoms with van der Waals surface area (Å²) < 4.78 is 12.9. The molecule has 0 saturated heterocycles. The van der Waals surface area contributed by atoms with Crippen molar-refractivity contribution in [3.8, 4) is 0 Å². The lowest BCUT2D eigenvalue weighted by Gasteiger charge is -2.18. The largest absolute Gasteiger partial charge is 0.356 e. The molecule has 0 unspecified atom stereocenters. The second-order valence-electron chi connectivity index (χ2n) is 5.12. The highest BCUT2D eigenvalue weighted by Gasteiger charge is 2.08. The van der Waals surface area contributed by atoms with E-state index in [-0.39, 0.29) is 11.9 Å². The van der Waals surface area contributed by atoms with Crippen LogP contribution in [0.4, 0.5) is 10.1 Å². The molecule has 2 N–H and O–H groups in total. The number of thiocarbonyl (C=S) groups is 1. The standard InChI is InChI=1S/C17H19FN2S/c1-11-5-4-6-16(12(11)2)20-17(21)19-13(3)14-7-9-15(18)10-8-14/h4-10,13H,1-3H3,(H2,19,20,21)/t13-/m1/s1. The molecule has 1 atom stereocenters. The number of halogens is 1. The van der Waals surface area contributed by atoms with Gasteiger partial charge >= 0.3 is 0 Å². The Balaban J connectivity index is 2.01. The monoisotopic (exact) mass is 302 g/mol. The lowest BCUT2D eigenvalue weighted by molar-refractivity contribution is 0.624. The zero-order valence-electron chi connectivity index (χ0n) is 12.4. The fourth-order valence-electron chi connectivity index (χ4n) is 2.08. The molecule has 0 heterocycles. The van der Waals surface area contributed by atoms with Crippen molar-refractivity contribution >= 4 is 23.0 Å². The van der Waals surface area contributed by atoms with Crippen molar-refractivity contribution < 1.29 is 4.39 Å². The smallest absolute Gasteiger partial charge is 0.171 e. The Labute approximate surface area is 130 Å². The molecule has 2 aromatic rings. The van der Waals surface area contributed by atoms with E-state index in [1.807, 2.05) is 19.1 Å². The van der Waals surface area contributed by atoms with Crippen LogP contribution in [0.15, 0.2) is 42.5 Å². The lowest BCUT2D eigenvalue weighted by Crippen LogP contribution is -2.31. The molecule has 0 aromatic heterocycles. The molecular weight excluding hydrogens is 283 g/mol. The Hall–Kier alpha value is -1.94. The third-order valence-corrected chi connectivity index (χ3v) is 3.79. The van der Waals surface area contributed by atoms with Gasteiger partial charge in [0.15, 0.2) is 5.11 Å². The van der Waals surface area contributed by atoms with Gasteiger partial charge in [0.2, 0.25) is 0 Å². The molecule has 0 fully saturated rings. The van der Waals surface area contributed by atoms with E-state index in [4.69, 9.17) is 12.2 Å². The molecule has 0 aliphatic heterocycles. The van der Waals surface area contributed by atoms with Crippen molar-refractivity contribution in [1.29, 1.82) is 0 Å². The van der Waals surface area contributed by atoms with E-state index in [0.29, 0.717) is 5.11 Å². The first kappa shape index (κ1) is 15.4. The average molecular weight is 302 g/mol. The number of rotatable bonds is 3. The number of aryl methyl sites for hydroxylation is 1. The van der Waals surface area contributed by atoms with Gasteiger partial charge in [0.25, 0.3) is 0 Å². The fourth-order valence-corrected chi connectivity index (χ4v) is 2.36. The maximum atomic E-state index is 12.9. The van der Waals surface area contributed by atoms with E-state index in [9.17, 15) is 4.39 Å². The van der Waals surface area contributed by atoms with Crippen molar-refractivity contribution in [2.75, 3.05) is 5.32 Å². The third-order valence-electron chi connectivity index (χ3n) is 3.57. The molecule has 2 rings (SSSR count). The zero-order chi connectivity index (χ0) is 15.4. The van der Waals surface area contributed by atoms with Crippen molar-refractivity contribution in [1.82, 2.24) is 5.32 Å². The van der Waals surface area contributed by atoms with Crippen LogP contribution < -0.4 is 10.6 Å². The molecule has 0 aliphatic carbocycles. The first-order valence-electron chi connectivity index (χ1n) is 6.86. The average Bonchev–Trinajstić information content (AvgIpc) is 2.44. The van der Waals surface area contributed by atoms with Gasteiger partial charge in [-0.3, -0.25) is 0 Å². The van der Waals surface area contributed by atoms with E-state index < -0.39 is 0 Å². The van der Waals surface area contributed by atoms with Gasteiger partial charge in [0.05, 0.1) is 6.04 Å². The van der Waals surface area contributed by atoms with E-state index in [1.165, 1.54) is 23.3 Å². The SMILES string of the molecule is Cc1cccc(NC(=S)N[C@H](C)c2ccc(F)cc2)c1C. The van der Waals surface area contributed by atoms with Crippen LogP contribution >= 0.6 is 12.2 Å². The molecule has 2 aromatic carbocycles. The number of anilines is 1. The van der Waals surface area contributed by atoms with Crippen LogP contribution in [0.1, 0.15) is 29.7 Å². The van der Waals surface area contributed by atoms with E-state index in [2.05, 4.69) is 30.5 Å². The minimum atomic E-state index is -0.234. The summed E-state index contributed by atoms with van der Waals surface area (Å²) in [6, 6.07) is 12.5. The van der Waals surface area contributed by atoms with Crippen molar-refractivity contribution in [3.05, 3.63) is 65.0 Å². The quantitative estimate of drug-likeness (QED) is 0.817. The first-order valence-corrected chi connectivity index (χ1v) is 7.27. The molecule has 0 spiro atoms. The molecule has 4 heteroatoms. The molecule has 2 nitrogen and oxygen atoms in total. The van der Waals surface area contributed by atoms with Crippen molar-refractivity contribution in [2.24, 2.45) is 0 Å². The summed E-state index contributed by atoms with van der Waals surface area (Å²) in [6.07, 6.45) is 0. The fraction of sp³-hybridized carbons (Fsp3) is 0.235. The predicted octanol–water partition coefficient (Wildman–Crippen LogP) is 4.49. The van der Waals surface area contributed by atoms with Gasteiger partial charge in [-0.15, -0.1) is 0 Å². The summed E-state index contributed by atoms with van der Waals surface area (Å²) in [5, 5.41) is 6.97.